The van der Waals surface area contributed by atoms with Crippen molar-refractivity contribution in [3.05, 3.63) is 28.3 Å². The van der Waals surface area contributed by atoms with Crippen LogP contribution in [0.5, 0.6) is 0 Å². The molecule has 2 aromatic rings. The number of aliphatic carboxylic acids is 1. The van der Waals surface area contributed by atoms with Gasteiger partial charge in [0.25, 0.3) is 5.91 Å². The number of hydrogen-bond donors (Lipinski definition) is 2. The highest BCUT2D eigenvalue weighted by atomic mass is 32.1. The molecule has 112 valence electrons. The molecule has 2 heterocycles. The molecule has 0 radical (unpaired) electrons. The van der Waals surface area contributed by atoms with Crippen LogP contribution in [0.3, 0.4) is 0 Å². The Morgan fingerprint density at radius 2 is 2.14 bits per heavy atom. The van der Waals surface area contributed by atoms with Gasteiger partial charge in [0.15, 0.2) is 5.82 Å². The van der Waals surface area contributed by atoms with Crippen LogP contribution < -0.4 is 5.32 Å². The summed E-state index contributed by atoms with van der Waals surface area (Å²) in [6, 6.07) is 1.54. The van der Waals surface area contributed by atoms with Gasteiger partial charge >= 0.3 is 5.97 Å². The first-order chi connectivity index (χ1) is 9.75. The maximum Gasteiger partial charge on any atom is 0.325 e. The van der Waals surface area contributed by atoms with Crippen LogP contribution in [0.2, 0.25) is 0 Å². The number of nitrogens with zero attached hydrogens (tertiary/aromatic N) is 3. The number of amides is 1. The van der Waals surface area contributed by atoms with E-state index < -0.39 is 5.97 Å². The van der Waals surface area contributed by atoms with Crippen molar-refractivity contribution in [3.8, 4) is 0 Å². The van der Waals surface area contributed by atoms with Crippen molar-refractivity contribution in [1.29, 1.82) is 0 Å². The molecule has 0 aliphatic rings. The number of hydrogen-bond acceptors (Lipinski definition) is 5. The zero-order valence-electron chi connectivity index (χ0n) is 12.0. The van der Waals surface area contributed by atoms with E-state index in [1.807, 2.05) is 20.8 Å². The van der Waals surface area contributed by atoms with Crippen molar-refractivity contribution in [1.82, 2.24) is 14.8 Å². The van der Waals surface area contributed by atoms with E-state index in [0.717, 1.165) is 5.01 Å². The molecule has 2 rings (SSSR count). The van der Waals surface area contributed by atoms with Crippen LogP contribution in [0.4, 0.5) is 5.82 Å². The fourth-order valence-corrected chi connectivity index (χ4v) is 2.45. The molecule has 0 unspecified atom stereocenters. The lowest BCUT2D eigenvalue weighted by Gasteiger charge is -2.13. The van der Waals surface area contributed by atoms with Crippen LogP contribution in [0, 0.1) is 0 Å². The first-order valence-electron chi connectivity index (χ1n) is 6.28. The van der Waals surface area contributed by atoms with E-state index in [0.29, 0.717) is 11.5 Å². The first-order valence-corrected chi connectivity index (χ1v) is 7.16. The summed E-state index contributed by atoms with van der Waals surface area (Å²) in [6.45, 7) is 5.84. The van der Waals surface area contributed by atoms with Crippen molar-refractivity contribution in [2.75, 3.05) is 5.32 Å². The second-order valence-corrected chi connectivity index (χ2v) is 6.39. The normalized spacial score (nSPS) is 11.4. The number of rotatable bonds is 4. The molecule has 8 heteroatoms. The number of carboxylic acid groups (broad SMARTS) is 1. The highest BCUT2D eigenvalue weighted by molar-refractivity contribution is 7.10. The Morgan fingerprint density at radius 1 is 1.43 bits per heavy atom. The molecule has 0 bridgehead atoms. The summed E-state index contributed by atoms with van der Waals surface area (Å²) < 4.78 is 1.24. The molecule has 0 fully saturated rings. The highest BCUT2D eigenvalue weighted by Gasteiger charge is 2.20. The van der Waals surface area contributed by atoms with Gasteiger partial charge in [-0.2, -0.15) is 5.10 Å². The SMILES string of the molecule is CC(C)(C)c1nc(C(=O)Nc2ccn(CC(=O)O)n2)cs1. The molecule has 0 atom stereocenters. The second kappa shape index (κ2) is 5.65. The minimum absolute atomic E-state index is 0.105. The molecule has 0 saturated heterocycles. The number of anilines is 1. The van der Waals surface area contributed by atoms with Gasteiger partial charge < -0.3 is 10.4 Å². The number of carbonyl (C=O) groups is 2. The molecular formula is C13H16N4O3S. The van der Waals surface area contributed by atoms with Gasteiger partial charge in [0, 0.05) is 23.1 Å². The van der Waals surface area contributed by atoms with E-state index in [2.05, 4.69) is 15.4 Å². The maximum absolute atomic E-state index is 12.1. The first kappa shape index (κ1) is 15.2. The van der Waals surface area contributed by atoms with Crippen LogP contribution in [-0.4, -0.2) is 31.7 Å². The fourth-order valence-electron chi connectivity index (χ4n) is 1.56. The number of carboxylic acids is 1. The molecule has 0 spiro atoms. The van der Waals surface area contributed by atoms with Gasteiger partial charge in [-0.3, -0.25) is 14.3 Å². The Balaban J connectivity index is 2.06. The summed E-state index contributed by atoms with van der Waals surface area (Å²) in [5.41, 5.74) is 0.226. The summed E-state index contributed by atoms with van der Waals surface area (Å²) in [7, 11) is 0. The maximum atomic E-state index is 12.1. The van der Waals surface area contributed by atoms with Crippen molar-refractivity contribution in [3.63, 3.8) is 0 Å². The van der Waals surface area contributed by atoms with Crippen LogP contribution in [0.15, 0.2) is 17.6 Å². The van der Waals surface area contributed by atoms with Gasteiger partial charge in [-0.15, -0.1) is 11.3 Å². The molecule has 0 aliphatic heterocycles. The average Bonchev–Trinajstić information content (AvgIpc) is 2.96. The summed E-state index contributed by atoms with van der Waals surface area (Å²) in [5, 5.41) is 17.8. The van der Waals surface area contributed by atoms with Gasteiger partial charge in [-0.1, -0.05) is 20.8 Å². The summed E-state index contributed by atoms with van der Waals surface area (Å²) in [4.78, 5) is 26.9. The number of nitrogens with one attached hydrogen (secondary N) is 1. The number of carbonyl (C=O) groups excluding carboxylic acids is 1. The quantitative estimate of drug-likeness (QED) is 0.900. The Bertz CT molecular complexity index is 669. The Kier molecular flexibility index (Phi) is 4.08. The van der Waals surface area contributed by atoms with E-state index in [1.54, 1.807) is 5.38 Å². The third-order valence-corrected chi connectivity index (χ3v) is 3.83. The van der Waals surface area contributed by atoms with Gasteiger partial charge in [-0.05, 0) is 0 Å². The molecule has 0 aromatic carbocycles. The lowest BCUT2D eigenvalue weighted by Crippen LogP contribution is -2.16. The van der Waals surface area contributed by atoms with Crippen molar-refractivity contribution in [2.45, 2.75) is 32.7 Å². The number of thiazole rings is 1. The minimum Gasteiger partial charge on any atom is -0.480 e. The summed E-state index contributed by atoms with van der Waals surface area (Å²) in [5.74, 6) is -1.06. The molecule has 0 saturated carbocycles. The Labute approximate surface area is 125 Å². The largest absolute Gasteiger partial charge is 0.480 e. The van der Waals surface area contributed by atoms with E-state index >= 15 is 0 Å². The lowest BCUT2D eigenvalue weighted by atomic mass is 9.98. The fraction of sp³-hybridized carbons (Fsp3) is 0.385. The standard InChI is InChI=1S/C13H16N4O3S/c1-13(2,3)12-14-8(7-21-12)11(20)15-9-4-5-17(16-9)6-10(18)19/h4-5,7H,6H2,1-3H3,(H,18,19)(H,15,16,20). The van der Waals surface area contributed by atoms with Gasteiger partial charge in [0.1, 0.15) is 12.2 Å². The van der Waals surface area contributed by atoms with Gasteiger partial charge in [-0.25, -0.2) is 4.98 Å². The van der Waals surface area contributed by atoms with Crippen LogP contribution in [0.1, 0.15) is 36.3 Å². The minimum atomic E-state index is -0.995. The third-order valence-electron chi connectivity index (χ3n) is 2.56. The smallest absolute Gasteiger partial charge is 0.325 e. The van der Waals surface area contributed by atoms with Crippen LogP contribution >= 0.6 is 11.3 Å². The number of aromatic nitrogens is 3. The van der Waals surface area contributed by atoms with Crippen LogP contribution in [0.25, 0.3) is 0 Å². The molecule has 21 heavy (non-hydrogen) atoms. The average molecular weight is 308 g/mol. The van der Waals surface area contributed by atoms with E-state index in [1.165, 1.54) is 28.3 Å². The Morgan fingerprint density at radius 3 is 2.71 bits per heavy atom. The lowest BCUT2D eigenvalue weighted by molar-refractivity contribution is -0.137. The predicted molar refractivity (Wildman–Crippen MR) is 78.6 cm³/mol. The molecule has 0 aliphatic carbocycles. The Hall–Kier alpha value is -2.22. The molecule has 1 amide bonds. The van der Waals surface area contributed by atoms with E-state index in [4.69, 9.17) is 5.11 Å². The second-order valence-electron chi connectivity index (χ2n) is 5.53. The van der Waals surface area contributed by atoms with Crippen molar-refractivity contribution in [2.24, 2.45) is 0 Å². The zero-order chi connectivity index (χ0) is 15.6. The monoisotopic (exact) mass is 308 g/mol. The van der Waals surface area contributed by atoms with E-state index in [9.17, 15) is 9.59 Å². The summed E-state index contributed by atoms with van der Waals surface area (Å²) in [6.07, 6.45) is 1.49. The molecule has 2 aromatic heterocycles. The van der Waals surface area contributed by atoms with E-state index in [-0.39, 0.29) is 17.9 Å². The molecule has 7 nitrogen and oxygen atoms in total. The summed E-state index contributed by atoms with van der Waals surface area (Å²) >= 11 is 1.43. The molecular weight excluding hydrogens is 292 g/mol. The topological polar surface area (TPSA) is 97.1 Å². The zero-order valence-corrected chi connectivity index (χ0v) is 12.8. The van der Waals surface area contributed by atoms with Gasteiger partial charge in [0.05, 0.1) is 5.01 Å². The highest BCUT2D eigenvalue weighted by Crippen LogP contribution is 2.25. The van der Waals surface area contributed by atoms with Crippen molar-refractivity contribution < 1.29 is 14.7 Å². The van der Waals surface area contributed by atoms with Gasteiger partial charge in [0.2, 0.25) is 0 Å². The predicted octanol–water partition coefficient (Wildman–Crippen LogP) is 1.97. The third kappa shape index (κ3) is 3.88. The molecule has 2 N–H and O–H groups in total. The van der Waals surface area contributed by atoms with Crippen molar-refractivity contribution >= 4 is 29.0 Å². The van der Waals surface area contributed by atoms with Crippen LogP contribution in [-0.2, 0) is 16.8 Å².